The number of piperazine rings is 1. The molecule has 1 fully saturated rings. The predicted molar refractivity (Wildman–Crippen MR) is 102 cm³/mol. The van der Waals surface area contributed by atoms with Crippen LogP contribution in [0.1, 0.15) is 5.56 Å². The Morgan fingerprint density at radius 2 is 1.93 bits per heavy atom. The molecule has 1 amide bonds. The molecule has 1 aromatic heterocycles. The van der Waals surface area contributed by atoms with Gasteiger partial charge in [0.15, 0.2) is 0 Å². The van der Waals surface area contributed by atoms with Crippen LogP contribution in [0, 0.1) is 21.4 Å². The first kappa shape index (κ1) is 18.7. The van der Waals surface area contributed by atoms with Crippen LogP contribution in [0.5, 0.6) is 0 Å². The van der Waals surface area contributed by atoms with Gasteiger partial charge in [0.1, 0.15) is 0 Å². The summed E-state index contributed by atoms with van der Waals surface area (Å²) in [4.78, 5) is 30.8. The van der Waals surface area contributed by atoms with Crippen molar-refractivity contribution in [2.45, 2.75) is 5.03 Å². The van der Waals surface area contributed by atoms with Crippen LogP contribution in [-0.2, 0) is 4.79 Å². The average Bonchev–Trinajstić information content (AvgIpc) is 2.72. The second-order valence-corrected chi connectivity index (χ2v) is 6.92. The zero-order valence-corrected chi connectivity index (χ0v) is 15.3. The molecule has 0 radical (unpaired) electrons. The van der Waals surface area contributed by atoms with Crippen LogP contribution in [0.4, 0.5) is 11.4 Å². The normalized spacial score (nSPS) is 13.9. The van der Waals surface area contributed by atoms with Crippen LogP contribution in [-0.4, -0.2) is 52.6 Å². The summed E-state index contributed by atoms with van der Waals surface area (Å²) in [6, 6.07) is 11.8. The van der Waals surface area contributed by atoms with Crippen molar-refractivity contribution in [3.63, 3.8) is 0 Å². The van der Waals surface area contributed by atoms with Crippen LogP contribution in [0.25, 0.3) is 0 Å². The van der Waals surface area contributed by atoms with E-state index in [1.165, 1.54) is 23.9 Å². The lowest BCUT2D eigenvalue weighted by atomic mass is 10.2. The van der Waals surface area contributed by atoms with Crippen molar-refractivity contribution in [2.24, 2.45) is 0 Å². The van der Waals surface area contributed by atoms with E-state index in [0.717, 1.165) is 5.69 Å². The molecule has 0 unspecified atom stereocenters. The molecule has 27 heavy (non-hydrogen) atoms. The van der Waals surface area contributed by atoms with Gasteiger partial charge in [0, 0.05) is 50.2 Å². The maximum atomic E-state index is 12.4. The number of carbonyl (C=O) groups is 1. The zero-order valence-electron chi connectivity index (χ0n) is 14.4. The van der Waals surface area contributed by atoms with Gasteiger partial charge in [-0.05, 0) is 24.3 Å². The SMILES string of the molecule is N#Cc1ccnc(SCC(=O)N2CCN(c3ccc([N+](=O)[O-])cc3)CC2)c1. The van der Waals surface area contributed by atoms with Crippen LogP contribution in [0.2, 0.25) is 0 Å². The fourth-order valence-electron chi connectivity index (χ4n) is 2.78. The highest BCUT2D eigenvalue weighted by Crippen LogP contribution is 2.21. The van der Waals surface area contributed by atoms with Gasteiger partial charge in [0.05, 0.1) is 27.3 Å². The molecule has 0 aliphatic carbocycles. The van der Waals surface area contributed by atoms with Gasteiger partial charge in [0.2, 0.25) is 5.91 Å². The second-order valence-electron chi connectivity index (χ2n) is 5.92. The Balaban J connectivity index is 1.50. The quantitative estimate of drug-likeness (QED) is 0.443. The molecule has 9 heteroatoms. The smallest absolute Gasteiger partial charge is 0.269 e. The first-order chi connectivity index (χ1) is 13.1. The number of carbonyl (C=O) groups excluding carboxylic acids is 1. The van der Waals surface area contributed by atoms with Crippen molar-refractivity contribution < 1.29 is 9.72 Å². The number of pyridine rings is 1. The molecule has 138 valence electrons. The van der Waals surface area contributed by atoms with E-state index >= 15 is 0 Å². The Labute approximate surface area is 160 Å². The molecular formula is C18H17N5O3S. The molecule has 8 nitrogen and oxygen atoms in total. The summed E-state index contributed by atoms with van der Waals surface area (Å²) in [5.41, 5.74) is 1.51. The van der Waals surface area contributed by atoms with Gasteiger partial charge in [-0.1, -0.05) is 11.8 Å². The third kappa shape index (κ3) is 4.74. The summed E-state index contributed by atoms with van der Waals surface area (Å²) < 4.78 is 0. The zero-order chi connectivity index (χ0) is 19.2. The molecule has 1 aliphatic rings. The minimum Gasteiger partial charge on any atom is -0.368 e. The van der Waals surface area contributed by atoms with E-state index in [9.17, 15) is 14.9 Å². The second kappa shape index (κ2) is 8.51. The highest BCUT2D eigenvalue weighted by atomic mass is 32.2. The lowest BCUT2D eigenvalue weighted by molar-refractivity contribution is -0.384. The summed E-state index contributed by atoms with van der Waals surface area (Å²) in [5, 5.41) is 20.3. The minimum absolute atomic E-state index is 0.0347. The van der Waals surface area contributed by atoms with E-state index < -0.39 is 4.92 Å². The standard InChI is InChI=1S/C18H17N5O3S/c19-12-14-5-6-20-17(11-14)27-13-18(24)22-9-7-21(8-10-22)15-1-3-16(4-2-15)23(25)26/h1-6,11H,7-10,13H2. The van der Waals surface area contributed by atoms with E-state index in [1.807, 2.05) is 4.90 Å². The van der Waals surface area contributed by atoms with E-state index in [1.54, 1.807) is 30.5 Å². The minimum atomic E-state index is -0.417. The molecule has 0 N–H and O–H groups in total. The molecule has 3 rings (SSSR count). The summed E-state index contributed by atoms with van der Waals surface area (Å²) in [6.07, 6.45) is 1.56. The number of anilines is 1. The van der Waals surface area contributed by atoms with E-state index in [0.29, 0.717) is 36.8 Å². The summed E-state index contributed by atoms with van der Waals surface area (Å²) in [5.74, 6) is 0.312. The van der Waals surface area contributed by atoms with Crippen LogP contribution in [0.3, 0.4) is 0 Å². The highest BCUT2D eigenvalue weighted by Gasteiger charge is 2.21. The molecule has 0 atom stereocenters. The fourth-order valence-corrected chi connectivity index (χ4v) is 3.58. The maximum Gasteiger partial charge on any atom is 0.269 e. The van der Waals surface area contributed by atoms with Gasteiger partial charge >= 0.3 is 0 Å². The Kier molecular flexibility index (Phi) is 5.88. The van der Waals surface area contributed by atoms with E-state index in [4.69, 9.17) is 5.26 Å². The molecule has 1 aromatic carbocycles. The average molecular weight is 383 g/mol. The number of nitrogens with zero attached hydrogens (tertiary/aromatic N) is 5. The fraction of sp³-hybridized carbons (Fsp3) is 0.278. The van der Waals surface area contributed by atoms with Gasteiger partial charge in [-0.15, -0.1) is 0 Å². The summed E-state index contributed by atoms with van der Waals surface area (Å²) in [7, 11) is 0. The Morgan fingerprint density at radius 1 is 1.22 bits per heavy atom. The molecule has 1 aliphatic heterocycles. The van der Waals surface area contributed by atoms with Crippen molar-refractivity contribution >= 4 is 29.0 Å². The largest absolute Gasteiger partial charge is 0.368 e. The highest BCUT2D eigenvalue weighted by molar-refractivity contribution is 7.99. The van der Waals surface area contributed by atoms with Crippen molar-refractivity contribution in [3.8, 4) is 6.07 Å². The number of hydrogen-bond donors (Lipinski definition) is 0. The third-order valence-corrected chi connectivity index (χ3v) is 5.18. The third-order valence-electron chi connectivity index (χ3n) is 4.27. The Morgan fingerprint density at radius 3 is 2.56 bits per heavy atom. The topological polar surface area (TPSA) is 103 Å². The summed E-state index contributed by atoms with van der Waals surface area (Å²) in [6.45, 7) is 2.55. The number of amides is 1. The number of nitro benzene ring substituents is 1. The Bertz CT molecular complexity index is 873. The van der Waals surface area contributed by atoms with Crippen molar-refractivity contribution in [3.05, 3.63) is 58.3 Å². The molecule has 0 saturated carbocycles. The number of aromatic nitrogens is 1. The number of hydrogen-bond acceptors (Lipinski definition) is 7. The van der Waals surface area contributed by atoms with E-state index in [2.05, 4.69) is 16.0 Å². The molecule has 2 heterocycles. The molecular weight excluding hydrogens is 366 g/mol. The first-order valence-corrected chi connectivity index (χ1v) is 9.31. The molecule has 0 bridgehead atoms. The van der Waals surface area contributed by atoms with Gasteiger partial charge in [-0.25, -0.2) is 4.98 Å². The number of benzene rings is 1. The number of nitro groups is 1. The van der Waals surface area contributed by atoms with Crippen molar-refractivity contribution in [1.29, 1.82) is 5.26 Å². The maximum absolute atomic E-state index is 12.4. The number of nitriles is 1. The van der Waals surface area contributed by atoms with Gasteiger partial charge < -0.3 is 9.80 Å². The van der Waals surface area contributed by atoms with Crippen LogP contribution < -0.4 is 4.90 Å². The first-order valence-electron chi connectivity index (χ1n) is 8.33. The van der Waals surface area contributed by atoms with Crippen LogP contribution >= 0.6 is 11.8 Å². The summed E-state index contributed by atoms with van der Waals surface area (Å²) >= 11 is 1.32. The number of thioether (sulfide) groups is 1. The molecule has 0 spiro atoms. The number of rotatable bonds is 5. The van der Waals surface area contributed by atoms with Gasteiger partial charge in [-0.3, -0.25) is 14.9 Å². The Hall–Kier alpha value is -3.12. The predicted octanol–water partition coefficient (Wildman–Crippen LogP) is 2.30. The van der Waals surface area contributed by atoms with Crippen molar-refractivity contribution in [1.82, 2.24) is 9.88 Å². The lowest BCUT2D eigenvalue weighted by Crippen LogP contribution is -2.49. The van der Waals surface area contributed by atoms with Gasteiger partial charge in [0.25, 0.3) is 5.69 Å². The monoisotopic (exact) mass is 383 g/mol. The van der Waals surface area contributed by atoms with Gasteiger partial charge in [-0.2, -0.15) is 5.26 Å². The van der Waals surface area contributed by atoms with Crippen LogP contribution in [0.15, 0.2) is 47.6 Å². The molecule has 1 saturated heterocycles. The number of non-ortho nitro benzene ring substituents is 1. The van der Waals surface area contributed by atoms with Crippen molar-refractivity contribution in [2.75, 3.05) is 36.8 Å². The van der Waals surface area contributed by atoms with E-state index in [-0.39, 0.29) is 17.3 Å². The lowest BCUT2D eigenvalue weighted by Gasteiger charge is -2.36. The molecule has 2 aromatic rings.